The van der Waals surface area contributed by atoms with E-state index in [4.69, 9.17) is 4.99 Å². The van der Waals surface area contributed by atoms with Gasteiger partial charge in [0.1, 0.15) is 0 Å². The molecule has 0 spiro atoms. The first-order valence-electron chi connectivity index (χ1n) is 9.97. The third kappa shape index (κ3) is 5.08. The topological polar surface area (TPSA) is 69.6 Å². The van der Waals surface area contributed by atoms with Gasteiger partial charge in [-0.25, -0.2) is 4.99 Å². The number of anilines is 1. The normalized spacial score (nSPS) is 16.4. The van der Waals surface area contributed by atoms with Crippen molar-refractivity contribution in [3.05, 3.63) is 72.4 Å². The summed E-state index contributed by atoms with van der Waals surface area (Å²) in [7, 11) is 0. The smallest absolute Gasteiger partial charge is 0.229 e. The molecule has 0 bridgehead atoms. The number of benzene rings is 2. The quantitative estimate of drug-likeness (QED) is 0.309. The van der Waals surface area contributed by atoms with Gasteiger partial charge >= 0.3 is 0 Å². The number of hydrogen-bond acceptors (Lipinski definition) is 3. The number of carbonyl (C=O) groups is 1. The van der Waals surface area contributed by atoms with Crippen LogP contribution >= 0.6 is 24.0 Å². The van der Waals surface area contributed by atoms with Crippen molar-refractivity contribution in [1.29, 1.82) is 0 Å². The summed E-state index contributed by atoms with van der Waals surface area (Å²) in [6.07, 6.45) is 2.26. The van der Waals surface area contributed by atoms with Crippen molar-refractivity contribution in [2.24, 2.45) is 4.99 Å². The van der Waals surface area contributed by atoms with E-state index >= 15 is 0 Å². The number of hydrogen-bond donors (Lipinski definition) is 2. The summed E-state index contributed by atoms with van der Waals surface area (Å²) < 4.78 is 0. The lowest BCUT2D eigenvalue weighted by molar-refractivity contribution is -0.117. The zero-order chi connectivity index (χ0) is 20.1. The van der Waals surface area contributed by atoms with Crippen molar-refractivity contribution in [1.82, 2.24) is 15.6 Å². The highest BCUT2D eigenvalue weighted by molar-refractivity contribution is 14.0. The highest BCUT2D eigenvalue weighted by atomic mass is 127. The lowest BCUT2D eigenvalue weighted by Gasteiger charge is -2.19. The number of aliphatic imine (C=N–C) groups is 1. The molecule has 2 N–H and O–H groups in total. The van der Waals surface area contributed by atoms with Crippen molar-refractivity contribution in [2.45, 2.75) is 25.9 Å². The van der Waals surface area contributed by atoms with E-state index in [1.54, 1.807) is 6.20 Å². The largest absolute Gasteiger partial charge is 0.357 e. The summed E-state index contributed by atoms with van der Waals surface area (Å²) in [5.74, 6) is 0.843. The predicted molar refractivity (Wildman–Crippen MR) is 132 cm³/mol. The summed E-state index contributed by atoms with van der Waals surface area (Å²) in [5, 5.41) is 7.82. The maximum atomic E-state index is 12.5. The predicted octanol–water partition coefficient (Wildman–Crippen LogP) is 3.71. The van der Waals surface area contributed by atoms with Gasteiger partial charge < -0.3 is 15.5 Å². The van der Waals surface area contributed by atoms with Crippen LogP contribution in [-0.2, 0) is 11.3 Å². The highest BCUT2D eigenvalue weighted by Gasteiger charge is 2.31. The van der Waals surface area contributed by atoms with Crippen molar-refractivity contribution >= 4 is 52.4 Å². The van der Waals surface area contributed by atoms with Crippen molar-refractivity contribution in [2.75, 3.05) is 18.0 Å². The first kappa shape index (κ1) is 22.0. The molecule has 0 radical (unpaired) electrons. The summed E-state index contributed by atoms with van der Waals surface area (Å²) in [5.41, 5.74) is 2.99. The van der Waals surface area contributed by atoms with Gasteiger partial charge in [-0.3, -0.25) is 9.78 Å². The van der Waals surface area contributed by atoms with Gasteiger partial charge in [0.2, 0.25) is 5.91 Å². The molecule has 0 saturated carbocycles. The zero-order valence-electron chi connectivity index (χ0n) is 16.9. The monoisotopic (exact) mass is 515 g/mol. The van der Waals surface area contributed by atoms with E-state index in [9.17, 15) is 4.79 Å². The standard InChI is InChI=1S/C23H25N5O.HI/c1-2-24-23(26-15-18-9-6-8-17-10-7-13-25-22(17)18)27-19-14-21(29)28(16-19)20-11-4-3-5-12-20;/h3-13,19H,2,14-16H2,1H3,(H2,24,26,27);1H. The van der Waals surface area contributed by atoms with Crippen LogP contribution in [0.4, 0.5) is 5.69 Å². The second kappa shape index (κ2) is 10.4. The Morgan fingerprint density at radius 2 is 1.93 bits per heavy atom. The summed E-state index contributed by atoms with van der Waals surface area (Å²) in [6.45, 7) is 3.94. The fourth-order valence-corrected chi connectivity index (χ4v) is 3.63. The van der Waals surface area contributed by atoms with Crippen molar-refractivity contribution in [3.63, 3.8) is 0 Å². The third-order valence-corrected chi connectivity index (χ3v) is 5.00. The Kier molecular flexibility index (Phi) is 7.62. The molecule has 1 unspecified atom stereocenters. The van der Waals surface area contributed by atoms with Crippen molar-refractivity contribution in [3.8, 4) is 0 Å². The molecule has 2 heterocycles. The number of para-hydroxylation sites is 2. The van der Waals surface area contributed by atoms with Crippen LogP contribution in [-0.4, -0.2) is 36.0 Å². The number of aromatic nitrogens is 1. The number of guanidine groups is 1. The van der Waals surface area contributed by atoms with E-state index in [2.05, 4.69) is 33.8 Å². The van der Waals surface area contributed by atoms with E-state index in [1.165, 1.54) is 0 Å². The molecular formula is C23H26IN5O. The molecule has 4 rings (SSSR count). The van der Waals surface area contributed by atoms with Crippen LogP contribution in [0.5, 0.6) is 0 Å². The molecular weight excluding hydrogens is 489 g/mol. The van der Waals surface area contributed by atoms with Crippen molar-refractivity contribution < 1.29 is 4.79 Å². The minimum absolute atomic E-state index is 0. The number of pyridine rings is 1. The molecule has 3 aromatic rings. The highest BCUT2D eigenvalue weighted by Crippen LogP contribution is 2.21. The molecule has 2 aromatic carbocycles. The van der Waals surface area contributed by atoms with Gasteiger partial charge in [-0.15, -0.1) is 24.0 Å². The molecule has 1 aliphatic heterocycles. The van der Waals surface area contributed by atoms with Gasteiger partial charge in [0, 0.05) is 36.8 Å². The maximum absolute atomic E-state index is 12.5. The Bertz CT molecular complexity index is 1020. The molecule has 1 amide bonds. The Morgan fingerprint density at radius 1 is 1.13 bits per heavy atom. The first-order chi connectivity index (χ1) is 14.2. The lowest BCUT2D eigenvalue weighted by Crippen LogP contribution is -2.44. The van der Waals surface area contributed by atoms with E-state index in [1.807, 2.05) is 54.3 Å². The molecule has 1 saturated heterocycles. The summed E-state index contributed by atoms with van der Waals surface area (Å²) in [6, 6.07) is 19.9. The number of fused-ring (bicyclic) bond motifs is 1. The van der Waals surface area contributed by atoms with Gasteiger partial charge in [-0.1, -0.05) is 42.5 Å². The minimum Gasteiger partial charge on any atom is -0.357 e. The van der Waals surface area contributed by atoms with Gasteiger partial charge in [0.25, 0.3) is 0 Å². The maximum Gasteiger partial charge on any atom is 0.229 e. The number of nitrogens with one attached hydrogen (secondary N) is 2. The molecule has 30 heavy (non-hydrogen) atoms. The van der Waals surface area contributed by atoms with Gasteiger partial charge in [0.05, 0.1) is 18.1 Å². The fraction of sp³-hybridized carbons (Fsp3) is 0.261. The molecule has 156 valence electrons. The van der Waals surface area contributed by atoms with E-state index < -0.39 is 0 Å². The van der Waals surface area contributed by atoms with Gasteiger partial charge in [0.15, 0.2) is 5.96 Å². The first-order valence-corrected chi connectivity index (χ1v) is 9.97. The Balaban J connectivity index is 0.00000256. The number of nitrogens with zero attached hydrogens (tertiary/aromatic N) is 3. The summed E-state index contributed by atoms with van der Waals surface area (Å²) >= 11 is 0. The Morgan fingerprint density at radius 3 is 2.73 bits per heavy atom. The molecule has 0 aliphatic carbocycles. The molecule has 1 aliphatic rings. The molecule has 1 atom stereocenters. The molecule has 6 nitrogen and oxygen atoms in total. The van der Waals surface area contributed by atoms with E-state index in [0.717, 1.165) is 28.7 Å². The SMILES string of the molecule is CCNC(=NCc1cccc2cccnc12)NC1CC(=O)N(c2ccccc2)C1.I. The van der Waals surface area contributed by atoms with Crippen LogP contribution in [0.15, 0.2) is 71.9 Å². The molecule has 1 fully saturated rings. The lowest BCUT2D eigenvalue weighted by atomic mass is 10.1. The second-order valence-electron chi connectivity index (χ2n) is 7.07. The average molecular weight is 515 g/mol. The van der Waals surface area contributed by atoms with E-state index in [0.29, 0.717) is 25.5 Å². The van der Waals surface area contributed by atoms with Gasteiger partial charge in [-0.2, -0.15) is 0 Å². The molecule has 1 aromatic heterocycles. The Hall–Kier alpha value is -2.68. The number of amides is 1. The zero-order valence-corrected chi connectivity index (χ0v) is 19.2. The second-order valence-corrected chi connectivity index (χ2v) is 7.07. The van der Waals surface area contributed by atoms with E-state index in [-0.39, 0.29) is 35.9 Å². The van der Waals surface area contributed by atoms with Crippen LogP contribution in [0.3, 0.4) is 0 Å². The number of rotatable bonds is 5. The van der Waals surface area contributed by atoms with Gasteiger partial charge in [-0.05, 0) is 30.7 Å². The molecule has 7 heteroatoms. The number of carbonyl (C=O) groups excluding carboxylic acids is 1. The Labute approximate surface area is 193 Å². The minimum atomic E-state index is 0. The van der Waals surface area contributed by atoms with Crippen LogP contribution in [0, 0.1) is 0 Å². The average Bonchev–Trinajstić information content (AvgIpc) is 3.13. The fourth-order valence-electron chi connectivity index (χ4n) is 3.63. The van der Waals surface area contributed by atoms with Crippen LogP contribution in [0.1, 0.15) is 18.9 Å². The summed E-state index contributed by atoms with van der Waals surface area (Å²) in [4.78, 5) is 23.5. The number of halogens is 1. The van der Waals surface area contributed by atoms with Crippen LogP contribution in [0.25, 0.3) is 10.9 Å². The van der Waals surface area contributed by atoms with Crippen LogP contribution in [0.2, 0.25) is 0 Å². The van der Waals surface area contributed by atoms with Crippen LogP contribution < -0.4 is 15.5 Å². The third-order valence-electron chi connectivity index (χ3n) is 5.00.